The molecule has 0 amide bonds. The largest absolute Gasteiger partial charge is 0.380 e. The number of aromatic amines is 1. The summed E-state index contributed by atoms with van der Waals surface area (Å²) in [6.45, 7) is 3.92. The van der Waals surface area contributed by atoms with E-state index in [9.17, 15) is 0 Å². The molecule has 116 valence electrons. The van der Waals surface area contributed by atoms with Gasteiger partial charge < -0.3 is 4.74 Å². The van der Waals surface area contributed by atoms with Gasteiger partial charge in [0.1, 0.15) is 0 Å². The predicted molar refractivity (Wildman–Crippen MR) is 89.9 cm³/mol. The van der Waals surface area contributed by atoms with Crippen LogP contribution < -0.4 is 0 Å². The summed E-state index contributed by atoms with van der Waals surface area (Å²) in [6.07, 6.45) is 1.15. The van der Waals surface area contributed by atoms with Crippen molar-refractivity contribution in [2.24, 2.45) is 0 Å². The van der Waals surface area contributed by atoms with E-state index in [2.05, 4.69) is 57.2 Å². The van der Waals surface area contributed by atoms with Gasteiger partial charge in [0.2, 0.25) is 0 Å². The Morgan fingerprint density at radius 3 is 3.14 bits per heavy atom. The molecular weight excluding hydrogens is 294 g/mol. The molecule has 2 aliphatic rings. The molecule has 2 atom stereocenters. The molecule has 2 unspecified atom stereocenters. The van der Waals surface area contributed by atoms with Crippen molar-refractivity contribution in [2.75, 3.05) is 25.5 Å². The maximum atomic E-state index is 5.63. The SMILES string of the molecule is c1ccc(-c2cc(CN3CCSC4COCCC43)[nH]n2)cc1. The standard InChI is InChI=1S/C17H21N3OS/c1-2-4-13(5-3-1)15-10-14(18-19-15)11-20-7-9-22-17-12-21-8-6-16(17)20/h1-5,10,16-17H,6-9,11-12H2,(H,18,19). The van der Waals surface area contributed by atoms with E-state index in [1.165, 1.54) is 17.0 Å². The summed E-state index contributed by atoms with van der Waals surface area (Å²) in [5, 5.41) is 8.33. The number of H-pyrrole nitrogens is 1. The Kier molecular flexibility index (Phi) is 4.19. The van der Waals surface area contributed by atoms with Crippen molar-refractivity contribution in [1.29, 1.82) is 0 Å². The quantitative estimate of drug-likeness (QED) is 0.945. The van der Waals surface area contributed by atoms with Crippen LogP contribution in [0.2, 0.25) is 0 Å². The maximum absolute atomic E-state index is 5.63. The number of hydrogen-bond acceptors (Lipinski definition) is 4. The lowest BCUT2D eigenvalue weighted by molar-refractivity contribution is 0.0347. The molecule has 2 aliphatic heterocycles. The van der Waals surface area contributed by atoms with Crippen LogP contribution in [0.1, 0.15) is 12.1 Å². The van der Waals surface area contributed by atoms with Crippen molar-refractivity contribution >= 4 is 11.8 Å². The molecule has 22 heavy (non-hydrogen) atoms. The molecule has 2 fully saturated rings. The fourth-order valence-corrected chi connectivity index (χ4v) is 4.74. The highest BCUT2D eigenvalue weighted by molar-refractivity contribution is 8.00. The molecule has 2 aromatic rings. The maximum Gasteiger partial charge on any atom is 0.0924 e. The zero-order valence-electron chi connectivity index (χ0n) is 12.6. The number of nitrogens with zero attached hydrogens (tertiary/aromatic N) is 2. The third kappa shape index (κ3) is 2.93. The van der Waals surface area contributed by atoms with E-state index in [0.29, 0.717) is 11.3 Å². The van der Waals surface area contributed by atoms with E-state index in [-0.39, 0.29) is 0 Å². The Morgan fingerprint density at radius 2 is 2.23 bits per heavy atom. The number of hydrogen-bond donors (Lipinski definition) is 1. The van der Waals surface area contributed by atoms with Crippen molar-refractivity contribution in [3.8, 4) is 11.3 Å². The highest BCUT2D eigenvalue weighted by Crippen LogP contribution is 2.31. The van der Waals surface area contributed by atoms with E-state index in [1.807, 2.05) is 6.07 Å². The molecule has 0 aliphatic carbocycles. The predicted octanol–water partition coefficient (Wildman–Crippen LogP) is 2.78. The zero-order valence-corrected chi connectivity index (χ0v) is 13.4. The fraction of sp³-hybridized carbons (Fsp3) is 0.471. The lowest BCUT2D eigenvalue weighted by Gasteiger charge is -2.43. The second-order valence-electron chi connectivity index (χ2n) is 5.96. The summed E-state index contributed by atoms with van der Waals surface area (Å²) in [5.74, 6) is 1.20. The van der Waals surface area contributed by atoms with Crippen molar-refractivity contribution in [2.45, 2.75) is 24.3 Å². The van der Waals surface area contributed by atoms with Gasteiger partial charge in [-0.25, -0.2) is 0 Å². The summed E-state index contributed by atoms with van der Waals surface area (Å²) in [6, 6.07) is 13.2. The van der Waals surface area contributed by atoms with Crippen molar-refractivity contribution in [3.63, 3.8) is 0 Å². The van der Waals surface area contributed by atoms with Crippen LogP contribution in [0.25, 0.3) is 11.3 Å². The third-order valence-electron chi connectivity index (χ3n) is 4.52. The molecule has 4 nitrogen and oxygen atoms in total. The Morgan fingerprint density at radius 1 is 1.32 bits per heavy atom. The minimum atomic E-state index is 0.638. The minimum absolute atomic E-state index is 0.638. The monoisotopic (exact) mass is 315 g/mol. The van der Waals surface area contributed by atoms with Gasteiger partial charge in [-0.2, -0.15) is 16.9 Å². The van der Waals surface area contributed by atoms with Crippen LogP contribution in [-0.2, 0) is 11.3 Å². The van der Waals surface area contributed by atoms with Crippen LogP contribution >= 0.6 is 11.8 Å². The fourth-order valence-electron chi connectivity index (χ4n) is 3.38. The van der Waals surface area contributed by atoms with Crippen LogP contribution in [0.4, 0.5) is 0 Å². The van der Waals surface area contributed by atoms with Gasteiger partial charge in [-0.15, -0.1) is 0 Å². The molecule has 1 N–H and O–H groups in total. The second kappa shape index (κ2) is 6.44. The number of ether oxygens (including phenoxy) is 1. The van der Waals surface area contributed by atoms with Crippen molar-refractivity contribution in [3.05, 3.63) is 42.1 Å². The number of aromatic nitrogens is 2. The zero-order chi connectivity index (χ0) is 14.8. The molecule has 5 heteroatoms. The van der Waals surface area contributed by atoms with Gasteiger partial charge in [0, 0.05) is 48.0 Å². The first kappa shape index (κ1) is 14.3. The topological polar surface area (TPSA) is 41.1 Å². The lowest BCUT2D eigenvalue weighted by Crippen LogP contribution is -2.51. The Labute approximate surface area is 135 Å². The number of nitrogens with one attached hydrogen (secondary N) is 1. The number of thioether (sulfide) groups is 1. The van der Waals surface area contributed by atoms with E-state index < -0.39 is 0 Å². The highest BCUT2D eigenvalue weighted by atomic mass is 32.2. The summed E-state index contributed by atoms with van der Waals surface area (Å²) >= 11 is 2.07. The average Bonchev–Trinajstić information content (AvgIpc) is 3.05. The van der Waals surface area contributed by atoms with Crippen molar-refractivity contribution in [1.82, 2.24) is 15.1 Å². The summed E-state index contributed by atoms with van der Waals surface area (Å²) in [5.41, 5.74) is 3.41. The van der Waals surface area contributed by atoms with Gasteiger partial charge in [-0.05, 0) is 12.5 Å². The molecular formula is C17H21N3OS. The van der Waals surface area contributed by atoms with Crippen LogP contribution in [0.3, 0.4) is 0 Å². The summed E-state index contributed by atoms with van der Waals surface area (Å²) < 4.78 is 5.63. The average molecular weight is 315 g/mol. The Balaban J connectivity index is 1.48. The second-order valence-corrected chi connectivity index (χ2v) is 7.30. The molecule has 1 aromatic carbocycles. The van der Waals surface area contributed by atoms with E-state index in [1.54, 1.807) is 0 Å². The van der Waals surface area contributed by atoms with Gasteiger partial charge in [0.25, 0.3) is 0 Å². The van der Waals surface area contributed by atoms with Gasteiger partial charge in [0.05, 0.1) is 12.3 Å². The summed E-state index contributed by atoms with van der Waals surface area (Å²) in [4.78, 5) is 2.60. The molecule has 3 heterocycles. The van der Waals surface area contributed by atoms with E-state index in [4.69, 9.17) is 4.74 Å². The molecule has 0 bridgehead atoms. The summed E-state index contributed by atoms with van der Waals surface area (Å²) in [7, 11) is 0. The molecule has 0 spiro atoms. The van der Waals surface area contributed by atoms with Crippen LogP contribution in [0.15, 0.2) is 36.4 Å². The first-order valence-electron chi connectivity index (χ1n) is 7.93. The van der Waals surface area contributed by atoms with Gasteiger partial charge in [-0.3, -0.25) is 10.00 Å². The molecule has 0 radical (unpaired) electrons. The number of fused-ring (bicyclic) bond motifs is 1. The Bertz CT molecular complexity index is 613. The smallest absolute Gasteiger partial charge is 0.0924 e. The first-order chi connectivity index (χ1) is 10.9. The molecule has 2 saturated heterocycles. The number of rotatable bonds is 3. The van der Waals surface area contributed by atoms with Gasteiger partial charge in [-0.1, -0.05) is 30.3 Å². The highest BCUT2D eigenvalue weighted by Gasteiger charge is 2.34. The van der Waals surface area contributed by atoms with Gasteiger partial charge in [0.15, 0.2) is 0 Å². The minimum Gasteiger partial charge on any atom is -0.380 e. The van der Waals surface area contributed by atoms with Gasteiger partial charge >= 0.3 is 0 Å². The van der Waals surface area contributed by atoms with Crippen LogP contribution in [0.5, 0.6) is 0 Å². The van der Waals surface area contributed by atoms with Crippen LogP contribution in [-0.4, -0.2) is 51.9 Å². The first-order valence-corrected chi connectivity index (χ1v) is 8.98. The Hall–Kier alpha value is -1.30. The van der Waals surface area contributed by atoms with Crippen LogP contribution in [0, 0.1) is 0 Å². The molecule has 0 saturated carbocycles. The number of benzene rings is 1. The van der Waals surface area contributed by atoms with E-state index in [0.717, 1.165) is 38.4 Å². The normalized spacial score (nSPS) is 25.8. The van der Waals surface area contributed by atoms with Crippen molar-refractivity contribution < 1.29 is 4.74 Å². The molecule has 4 rings (SSSR count). The molecule has 1 aromatic heterocycles. The van der Waals surface area contributed by atoms with E-state index >= 15 is 0 Å². The lowest BCUT2D eigenvalue weighted by atomic mass is 10.1. The third-order valence-corrected chi connectivity index (χ3v) is 5.82.